The van der Waals surface area contributed by atoms with Crippen molar-refractivity contribution in [1.82, 2.24) is 10.3 Å². The molecule has 0 atom stereocenters. The number of ether oxygens (including phenoxy) is 1. The van der Waals surface area contributed by atoms with E-state index in [4.69, 9.17) is 4.74 Å². The fourth-order valence-electron chi connectivity index (χ4n) is 1.38. The average molecular weight is 234 g/mol. The summed E-state index contributed by atoms with van der Waals surface area (Å²) in [7, 11) is 0. The molecule has 1 aromatic rings. The summed E-state index contributed by atoms with van der Waals surface area (Å²) < 4.78 is 5.43. The summed E-state index contributed by atoms with van der Waals surface area (Å²) in [6.07, 6.45) is 7.04. The fourth-order valence-corrected chi connectivity index (χ4v) is 1.38. The fraction of sp³-hybridized carbons (Fsp3) is 0.500. The van der Waals surface area contributed by atoms with Crippen molar-refractivity contribution >= 4 is 0 Å². The van der Waals surface area contributed by atoms with Gasteiger partial charge in [0, 0.05) is 12.7 Å². The molecule has 0 aliphatic carbocycles. The number of rotatable bonds is 8. The Labute approximate surface area is 104 Å². The third kappa shape index (κ3) is 6.19. The highest BCUT2D eigenvalue weighted by molar-refractivity contribution is 5.13. The predicted octanol–water partition coefficient (Wildman–Crippen LogP) is 2.67. The first-order valence-electron chi connectivity index (χ1n) is 6.20. The minimum Gasteiger partial charge on any atom is -0.371 e. The summed E-state index contributed by atoms with van der Waals surface area (Å²) in [4.78, 5) is 4.37. The Balaban J connectivity index is 2.29. The average Bonchev–Trinajstić information content (AvgIpc) is 2.37. The molecular weight excluding hydrogens is 212 g/mol. The second kappa shape index (κ2) is 8.90. The van der Waals surface area contributed by atoms with E-state index in [1.807, 2.05) is 31.3 Å². The van der Waals surface area contributed by atoms with E-state index < -0.39 is 0 Å². The van der Waals surface area contributed by atoms with Crippen LogP contribution >= 0.6 is 0 Å². The van der Waals surface area contributed by atoms with Gasteiger partial charge in [-0.2, -0.15) is 0 Å². The van der Waals surface area contributed by atoms with E-state index in [-0.39, 0.29) is 0 Å². The van der Waals surface area contributed by atoms with Crippen molar-refractivity contribution in [3.8, 4) is 0 Å². The molecular formula is C14H22N2O. The van der Waals surface area contributed by atoms with Gasteiger partial charge in [-0.3, -0.25) is 4.98 Å². The lowest BCUT2D eigenvalue weighted by Crippen LogP contribution is -2.14. The highest BCUT2D eigenvalue weighted by atomic mass is 16.5. The third-order valence-corrected chi connectivity index (χ3v) is 2.34. The minimum atomic E-state index is 0.576. The predicted molar refractivity (Wildman–Crippen MR) is 70.7 cm³/mol. The molecule has 0 aromatic carbocycles. The number of aromatic nitrogens is 1. The molecule has 0 spiro atoms. The molecule has 3 heteroatoms. The Bertz CT molecular complexity index is 319. The lowest BCUT2D eigenvalue weighted by atomic mass is 10.2. The molecule has 1 heterocycles. The molecule has 0 saturated heterocycles. The van der Waals surface area contributed by atoms with Gasteiger partial charge in [0.2, 0.25) is 0 Å². The molecule has 3 nitrogen and oxygen atoms in total. The molecule has 0 radical (unpaired) electrons. The molecule has 1 aromatic heterocycles. The van der Waals surface area contributed by atoms with Gasteiger partial charge in [0.05, 0.1) is 18.9 Å². The summed E-state index contributed by atoms with van der Waals surface area (Å²) >= 11 is 0. The van der Waals surface area contributed by atoms with Crippen LogP contribution in [0.1, 0.15) is 31.5 Å². The van der Waals surface area contributed by atoms with Crippen LogP contribution in [0.15, 0.2) is 30.5 Å². The molecule has 0 unspecified atom stereocenters. The summed E-state index contributed by atoms with van der Waals surface area (Å²) in [6, 6.07) is 4.13. The molecule has 0 aliphatic heterocycles. The Kier molecular flexibility index (Phi) is 7.27. The van der Waals surface area contributed by atoms with Crippen LogP contribution in [-0.4, -0.2) is 18.1 Å². The number of nitrogens with one attached hydrogen (secondary N) is 1. The Hall–Kier alpha value is -1.19. The maximum Gasteiger partial charge on any atom is 0.0892 e. The van der Waals surface area contributed by atoms with Gasteiger partial charge in [0.25, 0.3) is 0 Å². The maximum absolute atomic E-state index is 5.43. The zero-order valence-electron chi connectivity index (χ0n) is 10.8. The van der Waals surface area contributed by atoms with Crippen molar-refractivity contribution in [3.63, 3.8) is 0 Å². The van der Waals surface area contributed by atoms with Crippen LogP contribution in [0.2, 0.25) is 0 Å². The monoisotopic (exact) mass is 234 g/mol. The largest absolute Gasteiger partial charge is 0.371 e. The normalized spacial score (nSPS) is 11.2. The zero-order chi connectivity index (χ0) is 12.3. The standard InChI is InChI=1S/C14H22N2O/c1-3-5-9-17-12-14-7-6-13(11-16-14)10-15-8-4-2/h3,5-7,11,15H,4,8-10,12H2,1-2H3. The Morgan fingerprint density at radius 1 is 1.41 bits per heavy atom. The number of pyridine rings is 1. The van der Waals surface area contributed by atoms with Crippen LogP contribution in [0.4, 0.5) is 0 Å². The lowest BCUT2D eigenvalue weighted by Gasteiger charge is -2.04. The first kappa shape index (κ1) is 13.9. The minimum absolute atomic E-state index is 0.576. The summed E-state index contributed by atoms with van der Waals surface area (Å²) in [6.45, 7) is 7.32. The van der Waals surface area contributed by atoms with Crippen LogP contribution in [0, 0.1) is 0 Å². The maximum atomic E-state index is 5.43. The summed E-state index contributed by atoms with van der Waals surface area (Å²) in [5.74, 6) is 0. The molecule has 94 valence electrons. The van der Waals surface area contributed by atoms with E-state index in [9.17, 15) is 0 Å². The smallest absolute Gasteiger partial charge is 0.0892 e. The van der Waals surface area contributed by atoms with Gasteiger partial charge in [-0.25, -0.2) is 0 Å². The molecule has 0 fully saturated rings. The van der Waals surface area contributed by atoms with Gasteiger partial charge in [-0.15, -0.1) is 0 Å². The molecule has 0 saturated carbocycles. The second-order valence-corrected chi connectivity index (χ2v) is 3.92. The Morgan fingerprint density at radius 3 is 2.94 bits per heavy atom. The van der Waals surface area contributed by atoms with Crippen molar-refractivity contribution in [3.05, 3.63) is 41.7 Å². The number of allylic oxidation sites excluding steroid dienone is 1. The van der Waals surface area contributed by atoms with E-state index >= 15 is 0 Å². The van der Waals surface area contributed by atoms with Crippen molar-refractivity contribution in [2.75, 3.05) is 13.2 Å². The quantitative estimate of drug-likeness (QED) is 0.554. The van der Waals surface area contributed by atoms with Gasteiger partial charge in [0.1, 0.15) is 0 Å². The highest BCUT2D eigenvalue weighted by Crippen LogP contribution is 2.01. The second-order valence-electron chi connectivity index (χ2n) is 3.92. The van der Waals surface area contributed by atoms with Crippen molar-refractivity contribution in [2.24, 2.45) is 0 Å². The van der Waals surface area contributed by atoms with Crippen molar-refractivity contribution in [2.45, 2.75) is 33.4 Å². The first-order valence-corrected chi connectivity index (χ1v) is 6.20. The van der Waals surface area contributed by atoms with Crippen LogP contribution in [0.25, 0.3) is 0 Å². The van der Waals surface area contributed by atoms with E-state index in [1.54, 1.807) is 0 Å². The molecule has 0 amide bonds. The van der Waals surface area contributed by atoms with E-state index in [0.717, 1.165) is 25.2 Å². The van der Waals surface area contributed by atoms with Gasteiger partial charge in [-0.1, -0.05) is 25.1 Å². The highest BCUT2D eigenvalue weighted by Gasteiger charge is 1.96. The van der Waals surface area contributed by atoms with Crippen molar-refractivity contribution < 1.29 is 4.74 Å². The molecule has 1 N–H and O–H groups in total. The molecule has 0 bridgehead atoms. The van der Waals surface area contributed by atoms with Gasteiger partial charge < -0.3 is 10.1 Å². The number of hydrogen-bond donors (Lipinski definition) is 1. The van der Waals surface area contributed by atoms with Crippen LogP contribution < -0.4 is 5.32 Å². The van der Waals surface area contributed by atoms with Gasteiger partial charge >= 0.3 is 0 Å². The summed E-state index contributed by atoms with van der Waals surface area (Å²) in [5.41, 5.74) is 2.20. The topological polar surface area (TPSA) is 34.1 Å². The molecule has 1 rings (SSSR count). The zero-order valence-corrected chi connectivity index (χ0v) is 10.8. The lowest BCUT2D eigenvalue weighted by molar-refractivity contribution is 0.145. The Morgan fingerprint density at radius 2 is 2.29 bits per heavy atom. The third-order valence-electron chi connectivity index (χ3n) is 2.34. The van der Waals surface area contributed by atoms with E-state index in [0.29, 0.717) is 13.2 Å². The SMILES string of the molecule is CC=CCOCc1ccc(CNCCC)cn1. The van der Waals surface area contributed by atoms with E-state index in [1.165, 1.54) is 5.56 Å². The summed E-state index contributed by atoms with van der Waals surface area (Å²) in [5, 5.41) is 3.35. The molecule has 17 heavy (non-hydrogen) atoms. The number of hydrogen-bond acceptors (Lipinski definition) is 3. The van der Waals surface area contributed by atoms with E-state index in [2.05, 4.69) is 23.3 Å². The number of nitrogens with zero attached hydrogens (tertiary/aromatic N) is 1. The van der Waals surface area contributed by atoms with Crippen molar-refractivity contribution in [1.29, 1.82) is 0 Å². The molecule has 0 aliphatic rings. The van der Waals surface area contributed by atoms with Gasteiger partial charge in [-0.05, 0) is 31.5 Å². The van der Waals surface area contributed by atoms with Crippen LogP contribution in [0.5, 0.6) is 0 Å². The first-order chi connectivity index (χ1) is 8.36. The van der Waals surface area contributed by atoms with Crippen LogP contribution in [-0.2, 0) is 17.9 Å². The van der Waals surface area contributed by atoms with Gasteiger partial charge in [0.15, 0.2) is 0 Å². The van der Waals surface area contributed by atoms with Crippen LogP contribution in [0.3, 0.4) is 0 Å².